The molecule has 0 radical (unpaired) electrons. The molecule has 1 saturated carbocycles. The third-order valence-electron chi connectivity index (χ3n) is 4.16. The molecule has 2 aromatic carbocycles. The van der Waals surface area contributed by atoms with E-state index in [0.29, 0.717) is 0 Å². The molecular formula is C21H20OS2. The molecule has 122 valence electrons. The predicted octanol–water partition coefficient (Wildman–Crippen LogP) is 5.96. The second kappa shape index (κ2) is 7.91. The summed E-state index contributed by atoms with van der Waals surface area (Å²) >= 11 is 3.45. The Labute approximate surface area is 152 Å². The van der Waals surface area contributed by atoms with Crippen LogP contribution in [0.4, 0.5) is 0 Å². The molecule has 3 heteroatoms. The van der Waals surface area contributed by atoms with Crippen LogP contribution < -0.4 is 0 Å². The number of hydrogen-bond acceptors (Lipinski definition) is 3. The number of allylic oxidation sites excluding steroid dienone is 2. The fourth-order valence-corrected chi connectivity index (χ4v) is 3.60. The molecule has 1 aliphatic carbocycles. The van der Waals surface area contributed by atoms with Crippen LogP contribution in [0, 0.1) is 0 Å². The smallest absolute Gasteiger partial charge is 0.185 e. The summed E-state index contributed by atoms with van der Waals surface area (Å²) in [5, 5.41) is 0. The van der Waals surface area contributed by atoms with Gasteiger partial charge in [0.05, 0.1) is 0 Å². The van der Waals surface area contributed by atoms with Gasteiger partial charge in [0.15, 0.2) is 5.78 Å². The minimum atomic E-state index is 0.192. The average molecular weight is 353 g/mol. The third-order valence-corrected chi connectivity index (χ3v) is 5.65. The van der Waals surface area contributed by atoms with E-state index in [9.17, 15) is 4.79 Å². The van der Waals surface area contributed by atoms with E-state index in [1.165, 1.54) is 9.79 Å². The molecule has 0 saturated heterocycles. The van der Waals surface area contributed by atoms with Crippen LogP contribution in [0.3, 0.4) is 0 Å². The van der Waals surface area contributed by atoms with Crippen molar-refractivity contribution < 1.29 is 4.79 Å². The van der Waals surface area contributed by atoms with Gasteiger partial charge in [-0.25, -0.2) is 0 Å². The summed E-state index contributed by atoms with van der Waals surface area (Å²) in [5.74, 6) is 0.192. The van der Waals surface area contributed by atoms with Crippen LogP contribution >= 0.6 is 23.5 Å². The van der Waals surface area contributed by atoms with Crippen LogP contribution in [0.25, 0.3) is 12.2 Å². The standard InChI is InChI=1S/C21H20OS2/c1-23-19-9-3-15(4-10-19)13-17-7-8-18(21(17)22)14-16-5-11-20(24-2)12-6-16/h3-6,9-14H,7-8H2,1-2H3/b17-13+,18-14+. The predicted molar refractivity (Wildman–Crippen MR) is 107 cm³/mol. The van der Waals surface area contributed by atoms with Gasteiger partial charge in [-0.2, -0.15) is 0 Å². The molecule has 1 aliphatic rings. The van der Waals surface area contributed by atoms with E-state index in [1.54, 1.807) is 23.5 Å². The van der Waals surface area contributed by atoms with Crippen LogP contribution in [0.1, 0.15) is 24.0 Å². The maximum absolute atomic E-state index is 12.6. The van der Waals surface area contributed by atoms with Crippen molar-refractivity contribution in [3.05, 3.63) is 70.8 Å². The van der Waals surface area contributed by atoms with Crippen molar-refractivity contribution in [3.8, 4) is 0 Å². The van der Waals surface area contributed by atoms with Crippen LogP contribution in [0.5, 0.6) is 0 Å². The molecule has 1 fully saturated rings. The highest BCUT2D eigenvalue weighted by atomic mass is 32.2. The summed E-state index contributed by atoms with van der Waals surface area (Å²) < 4.78 is 0. The summed E-state index contributed by atoms with van der Waals surface area (Å²) in [6, 6.07) is 16.7. The zero-order valence-corrected chi connectivity index (χ0v) is 15.5. The molecule has 0 aromatic heterocycles. The first-order chi connectivity index (χ1) is 11.7. The molecular weight excluding hydrogens is 332 g/mol. The Hall–Kier alpha value is -1.71. The first kappa shape index (κ1) is 17.1. The highest BCUT2D eigenvalue weighted by Gasteiger charge is 2.22. The molecule has 0 bridgehead atoms. The van der Waals surface area contributed by atoms with Gasteiger partial charge < -0.3 is 0 Å². The molecule has 0 atom stereocenters. The van der Waals surface area contributed by atoms with Gasteiger partial charge in [0.1, 0.15) is 0 Å². The minimum Gasteiger partial charge on any atom is -0.289 e. The summed E-state index contributed by atoms with van der Waals surface area (Å²) in [6.07, 6.45) is 9.86. The van der Waals surface area contributed by atoms with Crippen molar-refractivity contribution in [2.24, 2.45) is 0 Å². The lowest BCUT2D eigenvalue weighted by Crippen LogP contribution is -1.95. The number of carbonyl (C=O) groups is 1. The Morgan fingerprint density at radius 3 is 1.42 bits per heavy atom. The largest absolute Gasteiger partial charge is 0.289 e. The normalized spacial score (nSPS) is 17.8. The van der Waals surface area contributed by atoms with E-state index in [-0.39, 0.29) is 5.78 Å². The lowest BCUT2D eigenvalue weighted by atomic mass is 10.1. The first-order valence-electron chi connectivity index (χ1n) is 7.93. The number of benzene rings is 2. The lowest BCUT2D eigenvalue weighted by Gasteiger charge is -2.00. The number of hydrogen-bond donors (Lipinski definition) is 0. The van der Waals surface area contributed by atoms with Gasteiger partial charge in [-0.3, -0.25) is 4.79 Å². The fraction of sp³-hybridized carbons (Fsp3) is 0.190. The molecule has 0 N–H and O–H groups in total. The number of Topliss-reactive ketones (excluding diaryl/α,β-unsaturated/α-hetero) is 1. The zero-order valence-electron chi connectivity index (χ0n) is 13.9. The van der Waals surface area contributed by atoms with E-state index in [0.717, 1.165) is 35.1 Å². The number of carbonyl (C=O) groups excluding carboxylic acids is 1. The molecule has 2 aromatic rings. The Balaban J connectivity index is 1.78. The van der Waals surface area contributed by atoms with Crippen molar-refractivity contribution in [2.75, 3.05) is 12.5 Å². The second-order valence-corrected chi connectivity index (χ2v) is 7.47. The Morgan fingerprint density at radius 2 is 1.08 bits per heavy atom. The van der Waals surface area contributed by atoms with E-state index in [1.807, 2.05) is 12.2 Å². The van der Waals surface area contributed by atoms with Crippen molar-refractivity contribution in [1.82, 2.24) is 0 Å². The molecule has 0 aliphatic heterocycles. The quantitative estimate of drug-likeness (QED) is 0.499. The van der Waals surface area contributed by atoms with Gasteiger partial charge >= 0.3 is 0 Å². The van der Waals surface area contributed by atoms with Gasteiger partial charge in [0.2, 0.25) is 0 Å². The molecule has 3 rings (SSSR count). The summed E-state index contributed by atoms with van der Waals surface area (Å²) in [7, 11) is 0. The molecule has 0 spiro atoms. The van der Waals surface area contributed by atoms with Crippen LogP contribution in [-0.4, -0.2) is 18.3 Å². The highest BCUT2D eigenvalue weighted by Crippen LogP contribution is 2.30. The molecule has 24 heavy (non-hydrogen) atoms. The minimum absolute atomic E-state index is 0.192. The SMILES string of the molecule is CSc1ccc(/C=C2\CC/C(=C\c3ccc(SC)cc3)C2=O)cc1. The summed E-state index contributed by atoms with van der Waals surface area (Å²) in [5.41, 5.74) is 4.03. The van der Waals surface area contributed by atoms with Crippen molar-refractivity contribution >= 4 is 41.5 Å². The van der Waals surface area contributed by atoms with E-state index in [2.05, 4.69) is 61.0 Å². The second-order valence-electron chi connectivity index (χ2n) is 5.71. The number of rotatable bonds is 4. The Kier molecular flexibility index (Phi) is 5.64. The fourth-order valence-electron chi connectivity index (χ4n) is 2.78. The molecule has 0 heterocycles. The van der Waals surface area contributed by atoms with Gasteiger partial charge in [-0.15, -0.1) is 23.5 Å². The van der Waals surface area contributed by atoms with Crippen molar-refractivity contribution in [3.63, 3.8) is 0 Å². The van der Waals surface area contributed by atoms with Crippen LogP contribution in [-0.2, 0) is 4.79 Å². The Bertz CT molecular complexity index is 716. The van der Waals surface area contributed by atoms with Gasteiger partial charge in [0, 0.05) is 20.9 Å². The van der Waals surface area contributed by atoms with Crippen LogP contribution in [0.2, 0.25) is 0 Å². The molecule has 1 nitrogen and oxygen atoms in total. The van der Waals surface area contributed by atoms with Crippen molar-refractivity contribution in [2.45, 2.75) is 22.6 Å². The van der Waals surface area contributed by atoms with E-state index < -0.39 is 0 Å². The van der Waals surface area contributed by atoms with E-state index >= 15 is 0 Å². The third kappa shape index (κ3) is 4.03. The van der Waals surface area contributed by atoms with Crippen LogP contribution in [0.15, 0.2) is 69.5 Å². The number of ketones is 1. The Morgan fingerprint density at radius 1 is 0.708 bits per heavy atom. The molecule has 0 unspecified atom stereocenters. The monoisotopic (exact) mass is 352 g/mol. The average Bonchev–Trinajstić information content (AvgIpc) is 2.96. The first-order valence-corrected chi connectivity index (χ1v) is 10.4. The zero-order chi connectivity index (χ0) is 16.9. The summed E-state index contributed by atoms with van der Waals surface area (Å²) in [4.78, 5) is 15.1. The van der Waals surface area contributed by atoms with Gasteiger partial charge in [-0.1, -0.05) is 24.3 Å². The van der Waals surface area contributed by atoms with Gasteiger partial charge in [-0.05, 0) is 72.9 Å². The summed E-state index contributed by atoms with van der Waals surface area (Å²) in [6.45, 7) is 0. The van der Waals surface area contributed by atoms with Gasteiger partial charge in [0.25, 0.3) is 0 Å². The highest BCUT2D eigenvalue weighted by molar-refractivity contribution is 7.98. The lowest BCUT2D eigenvalue weighted by molar-refractivity contribution is -0.111. The molecule has 0 amide bonds. The van der Waals surface area contributed by atoms with Crippen molar-refractivity contribution in [1.29, 1.82) is 0 Å². The maximum atomic E-state index is 12.6. The topological polar surface area (TPSA) is 17.1 Å². The number of thioether (sulfide) groups is 2. The van der Waals surface area contributed by atoms with E-state index in [4.69, 9.17) is 0 Å². The maximum Gasteiger partial charge on any atom is 0.185 e.